The van der Waals surface area contributed by atoms with Gasteiger partial charge in [0.15, 0.2) is 0 Å². The Balaban J connectivity index is 0.000000350. The van der Waals surface area contributed by atoms with E-state index in [0.29, 0.717) is 67.7 Å². The van der Waals surface area contributed by atoms with Crippen molar-refractivity contribution in [3.8, 4) is 0 Å². The highest BCUT2D eigenvalue weighted by Crippen LogP contribution is 2.48. The first-order valence-electron chi connectivity index (χ1n) is 21.3. The number of alkyl carbamates (subject to hydrolysis) is 1. The highest BCUT2D eigenvalue weighted by Gasteiger charge is 2.55. The number of nitrogens with zero attached hydrogens (tertiary/aromatic N) is 2. The van der Waals surface area contributed by atoms with E-state index >= 15 is 0 Å². The van der Waals surface area contributed by atoms with E-state index in [-0.39, 0.29) is 41.9 Å². The van der Waals surface area contributed by atoms with E-state index < -0.39 is 38.4 Å². The van der Waals surface area contributed by atoms with Gasteiger partial charge in [0.05, 0.1) is 21.3 Å². The number of hydrogen-bond donors (Lipinski definition) is 5. The van der Waals surface area contributed by atoms with Crippen molar-refractivity contribution in [3.63, 3.8) is 0 Å². The van der Waals surface area contributed by atoms with E-state index in [9.17, 15) is 37.2 Å². The first kappa shape index (κ1) is 49.7. The Hall–Kier alpha value is -4.67. The highest BCUT2D eigenvalue weighted by atomic mass is 32.2. The van der Waals surface area contributed by atoms with Gasteiger partial charge in [-0.25, -0.2) is 18.0 Å². The summed E-state index contributed by atoms with van der Waals surface area (Å²) in [5.41, 5.74) is 6.06. The molecule has 5 rings (SSSR count). The van der Waals surface area contributed by atoms with E-state index in [1.54, 1.807) is 37.5 Å². The molecular weight excluding hydrogens is 791 g/mol. The number of ether oxygens (including phenoxy) is 1. The summed E-state index contributed by atoms with van der Waals surface area (Å²) in [6, 6.07) is 4.72. The van der Waals surface area contributed by atoms with Gasteiger partial charge >= 0.3 is 11.8 Å². The van der Waals surface area contributed by atoms with Crippen molar-refractivity contribution in [2.75, 3.05) is 19.6 Å². The van der Waals surface area contributed by atoms with Crippen LogP contribution in [0.2, 0.25) is 0 Å². The molecule has 3 aliphatic rings. The topological polar surface area (TPSA) is 232 Å². The molecule has 3 fully saturated rings. The SMILES string of the molecule is CC(C)(C)OC(=O)NCC(=O)N1CCC[C@H]1C(N)=O.CC(C)C.CC[C@@H]1C[C@@H]1C(=O)NS(=O)(=O)C1(CCC/C=C/CCNC(=O)c2cccc3c2[nH]c(=O)n3C(C)C)CC1. The van der Waals surface area contributed by atoms with Crippen molar-refractivity contribution < 1.29 is 37.1 Å². The number of fused-ring (bicyclic) bond motifs is 1. The number of primary amides is 1. The van der Waals surface area contributed by atoms with Crippen LogP contribution in [0.1, 0.15) is 143 Å². The molecule has 2 saturated carbocycles. The zero-order valence-corrected chi connectivity index (χ0v) is 37.8. The molecule has 2 aromatic rings. The number of sulfonamides is 1. The average molecular weight is 860 g/mol. The van der Waals surface area contributed by atoms with Crippen molar-refractivity contribution in [1.29, 1.82) is 0 Å². The number of aromatic nitrogens is 2. The minimum absolute atomic E-state index is 0.0188. The zero-order valence-electron chi connectivity index (χ0n) is 37.0. The summed E-state index contributed by atoms with van der Waals surface area (Å²) in [6.07, 6.45) is 10.2. The Labute approximate surface area is 355 Å². The quantitative estimate of drug-likeness (QED) is 0.107. The molecular formula is C43H69N7O9S. The molecule has 16 nitrogen and oxygen atoms in total. The fourth-order valence-corrected chi connectivity index (χ4v) is 8.73. The lowest BCUT2D eigenvalue weighted by Crippen LogP contribution is -2.48. The first-order chi connectivity index (χ1) is 28.0. The number of likely N-dealkylation sites (tertiary alicyclic amines) is 1. The molecule has 0 radical (unpaired) electrons. The Bertz CT molecular complexity index is 2010. The summed E-state index contributed by atoms with van der Waals surface area (Å²) in [7, 11) is -3.64. The fraction of sp³-hybridized carbons (Fsp3) is 0.674. The minimum Gasteiger partial charge on any atom is -0.444 e. The van der Waals surface area contributed by atoms with Crippen LogP contribution in [0.4, 0.5) is 4.79 Å². The van der Waals surface area contributed by atoms with Crippen LogP contribution in [-0.2, 0) is 29.1 Å². The highest BCUT2D eigenvalue weighted by molar-refractivity contribution is 7.91. The number of H-pyrrole nitrogens is 1. The van der Waals surface area contributed by atoms with Crippen molar-refractivity contribution in [2.45, 2.75) is 149 Å². The Kier molecular flexibility index (Phi) is 18.0. The molecule has 6 N–H and O–H groups in total. The number of carbonyl (C=O) groups is 5. The second-order valence-corrected chi connectivity index (χ2v) is 20.0. The number of aromatic amines is 1. The molecule has 60 heavy (non-hydrogen) atoms. The van der Waals surface area contributed by atoms with Gasteiger partial charge in [0.1, 0.15) is 18.2 Å². The maximum Gasteiger partial charge on any atom is 0.408 e. The van der Waals surface area contributed by atoms with Crippen molar-refractivity contribution in [2.24, 2.45) is 23.5 Å². The molecule has 5 amide bonds. The standard InChI is InChI=1S/C27H38N4O5S.C12H21N3O4.C4H10/c1-4-19-17-21(19)25(33)30-37(35,36)27(14-15-27)13-8-6-5-7-9-16-28-24(32)20-11-10-12-22-23(20)29-26(34)31(22)18(2)3;1-12(2,3)19-11(18)14-7-9(16)15-6-4-5-8(15)10(13)17;1-4(2)3/h5,7,10-12,18-19,21H,4,6,8-9,13-17H2,1-3H3,(H,28,32)(H,29,34)(H,30,33);8H,4-7H2,1-3H3,(H2,13,17)(H,14,18);4H,1-3H3/b7-5+;;/t19-,21+;8-;/m10./s1. The van der Waals surface area contributed by atoms with E-state index in [1.165, 1.54) is 4.90 Å². The predicted molar refractivity (Wildman–Crippen MR) is 232 cm³/mol. The number of nitrogens with two attached hydrogens (primary N) is 1. The molecule has 1 aromatic heterocycles. The summed E-state index contributed by atoms with van der Waals surface area (Å²) < 4.78 is 33.7. The van der Waals surface area contributed by atoms with Crippen LogP contribution < -0.4 is 26.8 Å². The molecule has 0 unspecified atom stereocenters. The van der Waals surface area contributed by atoms with Gasteiger partial charge < -0.3 is 31.0 Å². The van der Waals surface area contributed by atoms with Crippen molar-refractivity contribution >= 4 is 50.8 Å². The number of unbranched alkanes of at least 4 members (excludes halogenated alkanes) is 1. The third-order valence-corrected chi connectivity index (χ3v) is 12.6. The minimum atomic E-state index is -3.64. The maximum absolute atomic E-state index is 12.8. The molecule has 336 valence electrons. The second kappa shape index (κ2) is 21.7. The van der Waals surface area contributed by atoms with Crippen LogP contribution in [0.25, 0.3) is 11.0 Å². The Morgan fingerprint density at radius 3 is 2.25 bits per heavy atom. The molecule has 1 aliphatic heterocycles. The first-order valence-corrected chi connectivity index (χ1v) is 22.8. The molecule has 0 spiro atoms. The van der Waals surface area contributed by atoms with Gasteiger partial charge in [-0.3, -0.25) is 28.5 Å². The summed E-state index contributed by atoms with van der Waals surface area (Å²) in [6.45, 7) is 18.3. The maximum atomic E-state index is 12.8. The smallest absolute Gasteiger partial charge is 0.408 e. The number of hydrogen-bond acceptors (Lipinski definition) is 9. The number of imidazole rings is 1. The van der Waals surface area contributed by atoms with Crippen LogP contribution >= 0.6 is 0 Å². The number of amides is 5. The molecule has 0 bridgehead atoms. The number of carbonyl (C=O) groups excluding carboxylic acids is 5. The third kappa shape index (κ3) is 14.5. The van der Waals surface area contributed by atoms with Crippen LogP contribution in [0.15, 0.2) is 35.1 Å². The number of nitrogens with one attached hydrogen (secondary N) is 4. The van der Waals surface area contributed by atoms with Gasteiger partial charge in [0, 0.05) is 25.0 Å². The lowest BCUT2D eigenvalue weighted by Gasteiger charge is -2.23. The zero-order chi connectivity index (χ0) is 45.0. The molecule has 1 saturated heterocycles. The third-order valence-electron chi connectivity index (χ3n) is 10.4. The van der Waals surface area contributed by atoms with Gasteiger partial charge in [0.25, 0.3) is 5.91 Å². The average Bonchev–Trinajstić information content (AvgIpc) is 4.03. The summed E-state index contributed by atoms with van der Waals surface area (Å²) in [4.78, 5) is 75.9. The lowest BCUT2D eigenvalue weighted by atomic mass is 10.1. The van der Waals surface area contributed by atoms with Crippen LogP contribution in [-0.4, -0.2) is 88.6 Å². The van der Waals surface area contributed by atoms with Crippen molar-refractivity contribution in [3.05, 3.63) is 46.4 Å². The lowest BCUT2D eigenvalue weighted by molar-refractivity contribution is -0.136. The predicted octanol–water partition coefficient (Wildman–Crippen LogP) is 5.43. The molecule has 2 aliphatic carbocycles. The number of benzene rings is 1. The normalized spacial score (nSPS) is 19.2. The summed E-state index contributed by atoms with van der Waals surface area (Å²) in [5, 5.41) is 5.26. The van der Waals surface area contributed by atoms with Gasteiger partial charge in [-0.05, 0) is 116 Å². The van der Waals surface area contributed by atoms with Crippen LogP contribution in [0.5, 0.6) is 0 Å². The van der Waals surface area contributed by atoms with E-state index in [2.05, 4.69) is 41.1 Å². The molecule has 2 heterocycles. The van der Waals surface area contributed by atoms with Gasteiger partial charge in [-0.1, -0.05) is 52.3 Å². The van der Waals surface area contributed by atoms with Crippen LogP contribution in [0.3, 0.4) is 0 Å². The summed E-state index contributed by atoms with van der Waals surface area (Å²) >= 11 is 0. The van der Waals surface area contributed by atoms with Crippen molar-refractivity contribution in [1.82, 2.24) is 29.8 Å². The molecule has 1 aromatic carbocycles. The molecule has 17 heteroatoms. The second-order valence-electron chi connectivity index (χ2n) is 17.9. The number of rotatable bonds is 16. The van der Waals surface area contributed by atoms with E-state index in [4.69, 9.17) is 10.5 Å². The number of para-hydroxylation sites is 1. The van der Waals surface area contributed by atoms with Gasteiger partial charge in [-0.2, -0.15) is 0 Å². The Morgan fingerprint density at radius 1 is 1.03 bits per heavy atom. The largest absolute Gasteiger partial charge is 0.444 e. The van der Waals surface area contributed by atoms with E-state index in [1.807, 2.05) is 39.0 Å². The number of allylic oxidation sites excluding steroid dienone is 1. The Morgan fingerprint density at radius 2 is 1.68 bits per heavy atom. The van der Waals surface area contributed by atoms with Gasteiger partial charge in [0.2, 0.25) is 27.7 Å². The molecule has 3 atom stereocenters. The van der Waals surface area contributed by atoms with E-state index in [0.717, 1.165) is 38.0 Å². The monoisotopic (exact) mass is 859 g/mol. The summed E-state index contributed by atoms with van der Waals surface area (Å²) in [5.74, 6) is -0.397. The fourth-order valence-electron chi connectivity index (χ4n) is 7.05. The van der Waals surface area contributed by atoms with Crippen LogP contribution in [0, 0.1) is 17.8 Å². The van der Waals surface area contributed by atoms with Gasteiger partial charge in [-0.15, -0.1) is 0 Å².